The SMILES string of the molecule is CCCCCOc1cc2c(cc1O)oc1cc(O)c(OCCCCC)cc12. The van der Waals surface area contributed by atoms with E-state index in [4.69, 9.17) is 13.9 Å². The molecule has 2 N–H and O–H groups in total. The van der Waals surface area contributed by atoms with Gasteiger partial charge in [-0.2, -0.15) is 0 Å². The van der Waals surface area contributed by atoms with Gasteiger partial charge in [0, 0.05) is 22.9 Å². The second kappa shape index (κ2) is 8.89. The molecule has 3 aromatic rings. The lowest BCUT2D eigenvalue weighted by Gasteiger charge is -2.08. The Morgan fingerprint density at radius 3 is 1.56 bits per heavy atom. The number of rotatable bonds is 10. The fourth-order valence-electron chi connectivity index (χ4n) is 3.11. The molecule has 3 rings (SSSR count). The molecule has 0 saturated heterocycles. The van der Waals surface area contributed by atoms with Crippen LogP contribution in [0.15, 0.2) is 28.7 Å². The topological polar surface area (TPSA) is 72.1 Å². The number of hydrogen-bond donors (Lipinski definition) is 2. The standard InChI is InChI=1S/C22H28O5/c1-3-5-7-9-25-21-11-15-16-12-22(26-10-8-6-4-2)18(24)14-20(16)27-19(15)13-17(21)23/h11-14,23-24H,3-10H2,1-2H3. The maximum absolute atomic E-state index is 10.2. The summed E-state index contributed by atoms with van der Waals surface area (Å²) in [7, 11) is 0. The van der Waals surface area contributed by atoms with Crippen molar-refractivity contribution in [2.24, 2.45) is 0 Å². The lowest BCUT2D eigenvalue weighted by Crippen LogP contribution is -1.97. The van der Waals surface area contributed by atoms with Gasteiger partial charge in [-0.3, -0.25) is 0 Å². The molecule has 0 bridgehead atoms. The van der Waals surface area contributed by atoms with Crippen LogP contribution in [0.4, 0.5) is 0 Å². The van der Waals surface area contributed by atoms with Crippen molar-refractivity contribution in [3.05, 3.63) is 24.3 Å². The maximum Gasteiger partial charge on any atom is 0.161 e. The van der Waals surface area contributed by atoms with E-state index in [0.717, 1.165) is 49.3 Å². The molecule has 0 atom stereocenters. The van der Waals surface area contributed by atoms with Crippen LogP contribution in [0.5, 0.6) is 23.0 Å². The largest absolute Gasteiger partial charge is 0.504 e. The number of fused-ring (bicyclic) bond motifs is 3. The first kappa shape index (κ1) is 19.2. The smallest absolute Gasteiger partial charge is 0.161 e. The van der Waals surface area contributed by atoms with Crippen LogP contribution in [0.1, 0.15) is 52.4 Å². The van der Waals surface area contributed by atoms with E-state index >= 15 is 0 Å². The summed E-state index contributed by atoms with van der Waals surface area (Å²) in [4.78, 5) is 0. The molecule has 1 heterocycles. The molecule has 5 nitrogen and oxygen atoms in total. The van der Waals surface area contributed by atoms with Crippen molar-refractivity contribution in [2.45, 2.75) is 52.4 Å². The normalized spacial score (nSPS) is 11.3. The van der Waals surface area contributed by atoms with Crippen molar-refractivity contribution in [2.75, 3.05) is 13.2 Å². The molecule has 27 heavy (non-hydrogen) atoms. The van der Waals surface area contributed by atoms with Crippen LogP contribution in [0.3, 0.4) is 0 Å². The van der Waals surface area contributed by atoms with Gasteiger partial charge >= 0.3 is 0 Å². The van der Waals surface area contributed by atoms with Crippen LogP contribution in [0, 0.1) is 0 Å². The fourth-order valence-corrected chi connectivity index (χ4v) is 3.11. The minimum atomic E-state index is 0.0540. The molecule has 0 fully saturated rings. The second-order valence-electron chi connectivity index (χ2n) is 6.85. The molecule has 0 spiro atoms. The summed E-state index contributed by atoms with van der Waals surface area (Å²) < 4.78 is 17.3. The maximum atomic E-state index is 10.2. The van der Waals surface area contributed by atoms with Crippen molar-refractivity contribution < 1.29 is 24.1 Å². The van der Waals surface area contributed by atoms with Gasteiger partial charge in [0.2, 0.25) is 0 Å². The minimum Gasteiger partial charge on any atom is -0.504 e. The fraction of sp³-hybridized carbons (Fsp3) is 0.455. The number of phenols is 2. The van der Waals surface area contributed by atoms with Gasteiger partial charge in [-0.05, 0) is 25.0 Å². The lowest BCUT2D eigenvalue weighted by molar-refractivity contribution is 0.290. The Hall–Kier alpha value is -2.56. The van der Waals surface area contributed by atoms with Crippen molar-refractivity contribution in [1.29, 1.82) is 0 Å². The highest BCUT2D eigenvalue weighted by Gasteiger charge is 2.15. The number of aromatic hydroxyl groups is 2. The van der Waals surface area contributed by atoms with Gasteiger partial charge in [0.05, 0.1) is 13.2 Å². The average molecular weight is 372 g/mol. The van der Waals surface area contributed by atoms with E-state index < -0.39 is 0 Å². The molecule has 1 aromatic heterocycles. The Morgan fingerprint density at radius 2 is 1.15 bits per heavy atom. The van der Waals surface area contributed by atoms with Crippen molar-refractivity contribution >= 4 is 21.9 Å². The van der Waals surface area contributed by atoms with Crippen LogP contribution in [-0.2, 0) is 0 Å². The van der Waals surface area contributed by atoms with E-state index in [1.54, 1.807) is 24.3 Å². The molecule has 0 aliphatic rings. The van der Waals surface area contributed by atoms with Crippen molar-refractivity contribution in [1.82, 2.24) is 0 Å². The van der Waals surface area contributed by atoms with Crippen molar-refractivity contribution in [3.8, 4) is 23.0 Å². The summed E-state index contributed by atoms with van der Waals surface area (Å²) >= 11 is 0. The molecule has 146 valence electrons. The molecule has 0 radical (unpaired) electrons. The summed E-state index contributed by atoms with van der Waals surface area (Å²) in [5.74, 6) is 0.996. The predicted molar refractivity (Wildman–Crippen MR) is 107 cm³/mol. The van der Waals surface area contributed by atoms with E-state index in [2.05, 4.69) is 13.8 Å². The van der Waals surface area contributed by atoms with Gasteiger partial charge in [-0.15, -0.1) is 0 Å². The highest BCUT2D eigenvalue weighted by atomic mass is 16.5. The quantitative estimate of drug-likeness (QED) is 0.419. The first-order valence-electron chi connectivity index (χ1n) is 9.81. The molecule has 0 unspecified atom stereocenters. The Labute approximate surface area is 159 Å². The molecule has 5 heteroatoms. The highest BCUT2D eigenvalue weighted by Crippen LogP contribution is 2.41. The minimum absolute atomic E-state index is 0.0540. The number of furan rings is 1. The van der Waals surface area contributed by atoms with Crippen LogP contribution >= 0.6 is 0 Å². The van der Waals surface area contributed by atoms with E-state index in [9.17, 15) is 10.2 Å². The number of benzene rings is 2. The monoisotopic (exact) mass is 372 g/mol. The van der Waals surface area contributed by atoms with Gasteiger partial charge < -0.3 is 24.1 Å². The zero-order valence-electron chi connectivity index (χ0n) is 16.1. The molecular weight excluding hydrogens is 344 g/mol. The van der Waals surface area contributed by atoms with Gasteiger partial charge in [-0.1, -0.05) is 39.5 Å². The van der Waals surface area contributed by atoms with E-state index in [1.165, 1.54) is 0 Å². The van der Waals surface area contributed by atoms with Crippen LogP contribution in [-0.4, -0.2) is 23.4 Å². The van der Waals surface area contributed by atoms with Gasteiger partial charge in [0.15, 0.2) is 23.0 Å². The third-order valence-corrected chi connectivity index (χ3v) is 4.64. The Kier molecular flexibility index (Phi) is 6.32. The van der Waals surface area contributed by atoms with Crippen molar-refractivity contribution in [3.63, 3.8) is 0 Å². The molecule has 0 aliphatic carbocycles. The Bertz CT molecular complexity index is 824. The van der Waals surface area contributed by atoms with E-state index in [-0.39, 0.29) is 11.5 Å². The number of hydrogen-bond acceptors (Lipinski definition) is 5. The van der Waals surface area contributed by atoms with E-state index in [0.29, 0.717) is 35.9 Å². The van der Waals surface area contributed by atoms with Gasteiger partial charge in [0.1, 0.15) is 11.2 Å². The molecule has 0 amide bonds. The molecule has 2 aromatic carbocycles. The van der Waals surface area contributed by atoms with Crippen LogP contribution in [0.25, 0.3) is 21.9 Å². The average Bonchev–Trinajstić information content (AvgIpc) is 2.98. The molecule has 0 aliphatic heterocycles. The first-order chi connectivity index (χ1) is 13.1. The third kappa shape index (κ3) is 4.41. The Balaban J connectivity index is 1.89. The summed E-state index contributed by atoms with van der Waals surface area (Å²) in [6, 6.07) is 6.70. The molecular formula is C22H28O5. The van der Waals surface area contributed by atoms with Crippen LogP contribution < -0.4 is 9.47 Å². The summed E-state index contributed by atoms with van der Waals surface area (Å²) in [5, 5.41) is 22.1. The van der Waals surface area contributed by atoms with E-state index in [1.807, 2.05) is 0 Å². The number of unbranched alkanes of at least 4 members (excludes halogenated alkanes) is 4. The van der Waals surface area contributed by atoms with Crippen LogP contribution in [0.2, 0.25) is 0 Å². The highest BCUT2D eigenvalue weighted by molar-refractivity contribution is 6.07. The third-order valence-electron chi connectivity index (χ3n) is 4.64. The van der Waals surface area contributed by atoms with Gasteiger partial charge in [0.25, 0.3) is 0 Å². The first-order valence-corrected chi connectivity index (χ1v) is 9.81. The summed E-state index contributed by atoms with van der Waals surface area (Å²) in [6.07, 6.45) is 6.31. The number of phenolic OH excluding ortho intramolecular Hbond substituents is 2. The predicted octanol–water partition coefficient (Wildman–Crippen LogP) is 6.14. The lowest BCUT2D eigenvalue weighted by atomic mass is 10.1. The number of ether oxygens (including phenoxy) is 2. The second-order valence-corrected chi connectivity index (χ2v) is 6.85. The Morgan fingerprint density at radius 1 is 0.704 bits per heavy atom. The summed E-state index contributed by atoms with van der Waals surface area (Å²) in [5.41, 5.74) is 1.09. The zero-order chi connectivity index (χ0) is 19.2. The van der Waals surface area contributed by atoms with Gasteiger partial charge in [-0.25, -0.2) is 0 Å². The summed E-state index contributed by atoms with van der Waals surface area (Å²) in [6.45, 7) is 5.40. The zero-order valence-corrected chi connectivity index (χ0v) is 16.1. The molecule has 0 saturated carbocycles.